The molecule has 3 rings (SSSR count). The van der Waals surface area contributed by atoms with E-state index in [0.717, 1.165) is 24.4 Å². The lowest BCUT2D eigenvalue weighted by atomic mass is 9.79. The number of nitrogens with zero attached hydrogens (tertiary/aromatic N) is 1. The van der Waals surface area contributed by atoms with Gasteiger partial charge in [-0.15, -0.1) is 0 Å². The average Bonchev–Trinajstić information content (AvgIpc) is 2.87. The molecule has 3 unspecified atom stereocenters. The van der Waals surface area contributed by atoms with Crippen LogP contribution in [-0.4, -0.2) is 30.1 Å². The zero-order valence-electron chi connectivity index (χ0n) is 9.21. The minimum Gasteiger partial charge on any atom is -0.329 e. The zero-order valence-corrected chi connectivity index (χ0v) is 9.21. The van der Waals surface area contributed by atoms with E-state index in [1.807, 2.05) is 0 Å². The number of rotatable bonds is 3. The average molecular weight is 194 g/mol. The van der Waals surface area contributed by atoms with E-state index in [-0.39, 0.29) is 0 Å². The molecule has 0 heterocycles. The highest BCUT2D eigenvalue weighted by molar-refractivity contribution is 5.10. The van der Waals surface area contributed by atoms with Crippen LogP contribution >= 0.6 is 0 Å². The molecule has 0 saturated heterocycles. The van der Waals surface area contributed by atoms with E-state index in [9.17, 15) is 0 Å². The van der Waals surface area contributed by atoms with Gasteiger partial charge in [0, 0.05) is 18.1 Å². The molecule has 0 amide bonds. The highest BCUT2D eigenvalue weighted by Crippen LogP contribution is 2.54. The van der Waals surface area contributed by atoms with Crippen LogP contribution < -0.4 is 5.73 Å². The number of nitrogens with two attached hydrogens (primary N) is 1. The zero-order chi connectivity index (χ0) is 9.76. The van der Waals surface area contributed by atoms with Crippen molar-refractivity contribution in [3.05, 3.63) is 0 Å². The van der Waals surface area contributed by atoms with Crippen LogP contribution in [0.1, 0.15) is 38.5 Å². The maximum Gasteiger partial charge on any atom is 0.0362 e. The fourth-order valence-electron chi connectivity index (χ4n) is 4.07. The summed E-state index contributed by atoms with van der Waals surface area (Å²) in [5.74, 6) is 1.92. The maximum absolute atomic E-state index is 6.08. The fraction of sp³-hybridized carbons (Fsp3) is 1.00. The Morgan fingerprint density at radius 3 is 2.50 bits per heavy atom. The largest absolute Gasteiger partial charge is 0.329 e. The van der Waals surface area contributed by atoms with Gasteiger partial charge in [0.25, 0.3) is 0 Å². The molecule has 0 radical (unpaired) electrons. The first-order valence-electron chi connectivity index (χ1n) is 6.19. The molecule has 0 aromatic heterocycles. The SMILES string of the molecule is CN(C1CC1)C1(CN)CC2CCC1C2. The van der Waals surface area contributed by atoms with E-state index < -0.39 is 0 Å². The van der Waals surface area contributed by atoms with E-state index in [4.69, 9.17) is 5.73 Å². The van der Waals surface area contributed by atoms with Gasteiger partial charge in [-0.1, -0.05) is 6.42 Å². The molecule has 2 heteroatoms. The molecule has 0 aromatic rings. The maximum atomic E-state index is 6.08. The lowest BCUT2D eigenvalue weighted by Crippen LogP contribution is -2.56. The molecular formula is C12H22N2. The first-order chi connectivity index (χ1) is 6.76. The summed E-state index contributed by atoms with van der Waals surface area (Å²) in [6, 6.07) is 0.873. The Hall–Kier alpha value is -0.0800. The molecule has 3 fully saturated rings. The van der Waals surface area contributed by atoms with Gasteiger partial charge in [0.15, 0.2) is 0 Å². The van der Waals surface area contributed by atoms with Gasteiger partial charge in [-0.25, -0.2) is 0 Å². The van der Waals surface area contributed by atoms with Gasteiger partial charge < -0.3 is 5.73 Å². The summed E-state index contributed by atoms with van der Waals surface area (Å²) in [6.45, 7) is 0.890. The van der Waals surface area contributed by atoms with Crippen LogP contribution in [0.25, 0.3) is 0 Å². The van der Waals surface area contributed by atoms with Crippen LogP contribution in [0, 0.1) is 11.8 Å². The number of hydrogen-bond acceptors (Lipinski definition) is 2. The molecule has 14 heavy (non-hydrogen) atoms. The molecule has 2 bridgehead atoms. The lowest BCUT2D eigenvalue weighted by Gasteiger charge is -2.45. The van der Waals surface area contributed by atoms with Crippen molar-refractivity contribution in [1.29, 1.82) is 0 Å². The van der Waals surface area contributed by atoms with Crippen molar-refractivity contribution in [1.82, 2.24) is 4.90 Å². The molecule has 3 aliphatic carbocycles. The summed E-state index contributed by atoms with van der Waals surface area (Å²) in [6.07, 6.45) is 8.60. The van der Waals surface area contributed by atoms with Crippen LogP contribution in [0.4, 0.5) is 0 Å². The summed E-state index contributed by atoms with van der Waals surface area (Å²) in [5.41, 5.74) is 6.49. The summed E-state index contributed by atoms with van der Waals surface area (Å²) in [5, 5.41) is 0. The van der Waals surface area contributed by atoms with Crippen LogP contribution in [0.15, 0.2) is 0 Å². The highest BCUT2D eigenvalue weighted by Gasteiger charge is 2.54. The summed E-state index contributed by atoms with van der Waals surface area (Å²) < 4.78 is 0. The topological polar surface area (TPSA) is 29.3 Å². The molecular weight excluding hydrogens is 172 g/mol. The Morgan fingerprint density at radius 1 is 1.29 bits per heavy atom. The molecule has 3 saturated carbocycles. The third-order valence-electron chi connectivity index (χ3n) is 5.09. The van der Waals surface area contributed by atoms with Crippen molar-refractivity contribution in [2.24, 2.45) is 17.6 Å². The quantitative estimate of drug-likeness (QED) is 0.739. The van der Waals surface area contributed by atoms with Crippen molar-refractivity contribution in [2.45, 2.75) is 50.1 Å². The predicted octanol–water partition coefficient (Wildman–Crippen LogP) is 1.60. The number of hydrogen-bond donors (Lipinski definition) is 1. The van der Waals surface area contributed by atoms with Crippen LogP contribution in [0.3, 0.4) is 0 Å². The summed E-state index contributed by atoms with van der Waals surface area (Å²) in [4.78, 5) is 2.65. The Balaban J connectivity index is 1.83. The van der Waals surface area contributed by atoms with Gasteiger partial charge in [-0.05, 0) is 51.0 Å². The van der Waals surface area contributed by atoms with Crippen molar-refractivity contribution >= 4 is 0 Å². The van der Waals surface area contributed by atoms with Gasteiger partial charge in [-0.3, -0.25) is 4.90 Å². The fourth-order valence-corrected chi connectivity index (χ4v) is 4.07. The van der Waals surface area contributed by atoms with Crippen molar-refractivity contribution in [2.75, 3.05) is 13.6 Å². The second-order valence-electron chi connectivity index (χ2n) is 5.73. The smallest absolute Gasteiger partial charge is 0.0362 e. The second-order valence-corrected chi connectivity index (χ2v) is 5.73. The third-order valence-corrected chi connectivity index (χ3v) is 5.09. The van der Waals surface area contributed by atoms with E-state index >= 15 is 0 Å². The predicted molar refractivity (Wildman–Crippen MR) is 58.0 cm³/mol. The number of fused-ring (bicyclic) bond motifs is 2. The molecule has 0 spiro atoms. The van der Waals surface area contributed by atoms with E-state index in [2.05, 4.69) is 11.9 Å². The molecule has 80 valence electrons. The molecule has 0 aliphatic heterocycles. The minimum absolute atomic E-state index is 0.407. The van der Waals surface area contributed by atoms with Gasteiger partial charge in [0.05, 0.1) is 0 Å². The van der Waals surface area contributed by atoms with Crippen molar-refractivity contribution in [3.8, 4) is 0 Å². The van der Waals surface area contributed by atoms with E-state index in [1.54, 1.807) is 0 Å². The normalized spacial score (nSPS) is 46.5. The van der Waals surface area contributed by atoms with Gasteiger partial charge >= 0.3 is 0 Å². The highest BCUT2D eigenvalue weighted by atomic mass is 15.2. The minimum atomic E-state index is 0.407. The first-order valence-corrected chi connectivity index (χ1v) is 6.19. The summed E-state index contributed by atoms with van der Waals surface area (Å²) >= 11 is 0. The number of likely N-dealkylation sites (N-methyl/N-ethyl adjacent to an activating group) is 1. The standard InChI is InChI=1S/C12H22N2/c1-14(11-4-5-11)12(8-13)7-9-2-3-10(12)6-9/h9-11H,2-8,13H2,1H3. The van der Waals surface area contributed by atoms with E-state index in [1.165, 1.54) is 38.5 Å². The van der Waals surface area contributed by atoms with Gasteiger partial charge in [-0.2, -0.15) is 0 Å². The van der Waals surface area contributed by atoms with Crippen molar-refractivity contribution < 1.29 is 0 Å². The molecule has 0 aromatic carbocycles. The Morgan fingerprint density at radius 2 is 2.07 bits per heavy atom. The Kier molecular flexibility index (Phi) is 1.94. The van der Waals surface area contributed by atoms with Crippen LogP contribution in [0.5, 0.6) is 0 Å². The van der Waals surface area contributed by atoms with E-state index in [0.29, 0.717) is 5.54 Å². The van der Waals surface area contributed by atoms with Gasteiger partial charge in [0.1, 0.15) is 0 Å². The monoisotopic (exact) mass is 194 g/mol. The lowest BCUT2D eigenvalue weighted by molar-refractivity contribution is 0.0587. The van der Waals surface area contributed by atoms with Crippen LogP contribution in [-0.2, 0) is 0 Å². The molecule has 2 N–H and O–H groups in total. The Bertz CT molecular complexity index is 236. The molecule has 3 atom stereocenters. The molecule has 3 aliphatic rings. The molecule has 2 nitrogen and oxygen atoms in total. The first kappa shape index (κ1) is 9.17. The Labute approximate surface area is 86.8 Å². The second kappa shape index (κ2) is 2.96. The summed E-state index contributed by atoms with van der Waals surface area (Å²) in [7, 11) is 2.32. The van der Waals surface area contributed by atoms with Crippen molar-refractivity contribution in [3.63, 3.8) is 0 Å². The third kappa shape index (κ3) is 1.10. The van der Waals surface area contributed by atoms with Gasteiger partial charge in [0.2, 0.25) is 0 Å². The van der Waals surface area contributed by atoms with Crippen LogP contribution in [0.2, 0.25) is 0 Å².